The third-order valence-corrected chi connectivity index (χ3v) is 6.02. The first-order chi connectivity index (χ1) is 13.1. The molecule has 0 bridgehead atoms. The van der Waals surface area contributed by atoms with Gasteiger partial charge in [0.15, 0.2) is 0 Å². The summed E-state index contributed by atoms with van der Waals surface area (Å²) in [5, 5.41) is 0. The highest BCUT2D eigenvalue weighted by atomic mass is 16.5. The molecule has 7 heteroatoms. The third kappa shape index (κ3) is 3.98. The maximum absolute atomic E-state index is 12.7. The molecule has 7 nitrogen and oxygen atoms in total. The molecule has 1 aromatic heterocycles. The Bertz CT molecular complexity index is 709. The summed E-state index contributed by atoms with van der Waals surface area (Å²) in [5.41, 5.74) is 2.12. The van der Waals surface area contributed by atoms with Gasteiger partial charge >= 0.3 is 0 Å². The molecule has 0 aliphatic carbocycles. The van der Waals surface area contributed by atoms with E-state index in [4.69, 9.17) is 9.72 Å². The van der Waals surface area contributed by atoms with Crippen LogP contribution in [0.15, 0.2) is 6.20 Å². The molecule has 0 saturated carbocycles. The van der Waals surface area contributed by atoms with E-state index in [-0.39, 0.29) is 17.9 Å². The number of hydrogen-bond donors (Lipinski definition) is 0. The molecule has 2 amide bonds. The van der Waals surface area contributed by atoms with Crippen molar-refractivity contribution in [3.05, 3.63) is 23.3 Å². The number of likely N-dealkylation sites (tertiary alicyclic amines) is 1. The molecule has 2 saturated heterocycles. The summed E-state index contributed by atoms with van der Waals surface area (Å²) in [6, 6.07) is 0. The first-order valence-electron chi connectivity index (χ1n) is 10.1. The fraction of sp³-hybridized carbons (Fsp3) is 0.700. The van der Waals surface area contributed by atoms with E-state index in [1.54, 1.807) is 6.92 Å². The van der Waals surface area contributed by atoms with Crippen LogP contribution < -0.4 is 0 Å². The van der Waals surface area contributed by atoms with Gasteiger partial charge in [-0.05, 0) is 32.1 Å². The van der Waals surface area contributed by atoms with Gasteiger partial charge in [0.1, 0.15) is 11.9 Å². The zero-order chi connectivity index (χ0) is 18.8. The minimum Gasteiger partial charge on any atom is -0.368 e. The number of carbonyl (C=O) groups is 2. The number of rotatable bonds is 2. The Morgan fingerprint density at radius 3 is 2.63 bits per heavy atom. The normalized spacial score (nSPS) is 23.8. The number of carbonyl (C=O) groups excluding carboxylic acids is 2. The molecule has 4 heterocycles. The number of fused-ring (bicyclic) bond motifs is 1. The van der Waals surface area contributed by atoms with Gasteiger partial charge < -0.3 is 14.5 Å². The summed E-state index contributed by atoms with van der Waals surface area (Å²) < 4.78 is 5.65. The highest BCUT2D eigenvalue weighted by Crippen LogP contribution is 2.27. The molecule has 27 heavy (non-hydrogen) atoms. The Labute approximate surface area is 160 Å². The van der Waals surface area contributed by atoms with E-state index >= 15 is 0 Å². The Kier molecular flexibility index (Phi) is 5.38. The zero-order valence-electron chi connectivity index (χ0n) is 16.0. The SMILES string of the molecule is CC(=O)N1CCC(c2ncc3c(n2)CCN(C(=O)C2CCCCO2)C3)CC1. The van der Waals surface area contributed by atoms with E-state index in [1.165, 1.54) is 0 Å². The second kappa shape index (κ2) is 7.92. The van der Waals surface area contributed by atoms with Gasteiger partial charge in [-0.25, -0.2) is 9.97 Å². The van der Waals surface area contributed by atoms with Crippen LogP contribution in [-0.2, 0) is 27.3 Å². The van der Waals surface area contributed by atoms with Crippen LogP contribution in [-0.4, -0.2) is 63.9 Å². The number of nitrogens with zero attached hydrogens (tertiary/aromatic N) is 4. The summed E-state index contributed by atoms with van der Waals surface area (Å²) >= 11 is 0. The quantitative estimate of drug-likeness (QED) is 0.789. The monoisotopic (exact) mass is 372 g/mol. The molecule has 3 aliphatic heterocycles. The molecule has 0 aromatic carbocycles. The van der Waals surface area contributed by atoms with Crippen molar-refractivity contribution in [1.82, 2.24) is 19.8 Å². The fourth-order valence-corrected chi connectivity index (χ4v) is 4.31. The number of piperidine rings is 1. The largest absolute Gasteiger partial charge is 0.368 e. The summed E-state index contributed by atoms with van der Waals surface area (Å²) in [4.78, 5) is 37.4. The van der Waals surface area contributed by atoms with Gasteiger partial charge in [0, 0.05) is 63.8 Å². The van der Waals surface area contributed by atoms with Crippen LogP contribution in [0.5, 0.6) is 0 Å². The van der Waals surface area contributed by atoms with Crippen LogP contribution in [0.4, 0.5) is 0 Å². The first-order valence-corrected chi connectivity index (χ1v) is 10.1. The van der Waals surface area contributed by atoms with Gasteiger partial charge in [-0.3, -0.25) is 9.59 Å². The minimum absolute atomic E-state index is 0.112. The lowest BCUT2D eigenvalue weighted by Crippen LogP contribution is -2.44. The van der Waals surface area contributed by atoms with Crippen molar-refractivity contribution in [3.8, 4) is 0 Å². The zero-order valence-corrected chi connectivity index (χ0v) is 16.0. The number of amides is 2. The smallest absolute Gasteiger partial charge is 0.252 e. The van der Waals surface area contributed by atoms with Crippen LogP contribution in [0.2, 0.25) is 0 Å². The minimum atomic E-state index is -0.271. The molecule has 0 N–H and O–H groups in total. The Morgan fingerprint density at radius 1 is 1.11 bits per heavy atom. The standard InChI is InChI=1S/C20H28N4O3/c1-14(25)23-8-5-15(6-9-23)19-21-12-16-13-24(10-7-17(16)22-19)20(26)18-4-2-3-11-27-18/h12,15,18H,2-11,13H2,1H3. The van der Waals surface area contributed by atoms with Crippen LogP contribution >= 0.6 is 0 Å². The van der Waals surface area contributed by atoms with Crippen LogP contribution in [0.25, 0.3) is 0 Å². The Balaban J connectivity index is 1.39. The molecule has 2 fully saturated rings. The lowest BCUT2D eigenvalue weighted by Gasteiger charge is -2.33. The van der Waals surface area contributed by atoms with E-state index in [0.717, 1.165) is 68.7 Å². The predicted octanol–water partition coefficient (Wildman–Crippen LogP) is 1.66. The van der Waals surface area contributed by atoms with Gasteiger partial charge in [-0.15, -0.1) is 0 Å². The van der Waals surface area contributed by atoms with Crippen molar-refractivity contribution in [1.29, 1.82) is 0 Å². The molecule has 1 atom stereocenters. The molecule has 0 spiro atoms. The van der Waals surface area contributed by atoms with Gasteiger partial charge in [0.2, 0.25) is 5.91 Å². The van der Waals surface area contributed by atoms with Gasteiger partial charge in [0.05, 0.1) is 5.69 Å². The van der Waals surface area contributed by atoms with Crippen molar-refractivity contribution >= 4 is 11.8 Å². The molecular formula is C20H28N4O3. The maximum atomic E-state index is 12.7. The lowest BCUT2D eigenvalue weighted by molar-refractivity contribution is -0.147. The fourth-order valence-electron chi connectivity index (χ4n) is 4.31. The van der Waals surface area contributed by atoms with E-state index in [9.17, 15) is 9.59 Å². The molecular weight excluding hydrogens is 344 g/mol. The average molecular weight is 372 g/mol. The van der Waals surface area contributed by atoms with E-state index < -0.39 is 0 Å². The number of hydrogen-bond acceptors (Lipinski definition) is 5. The van der Waals surface area contributed by atoms with E-state index in [1.807, 2.05) is 16.0 Å². The third-order valence-electron chi connectivity index (χ3n) is 6.02. The van der Waals surface area contributed by atoms with Crippen molar-refractivity contribution in [2.75, 3.05) is 26.2 Å². The molecule has 0 radical (unpaired) electrons. The molecule has 1 unspecified atom stereocenters. The van der Waals surface area contributed by atoms with Gasteiger partial charge in [0.25, 0.3) is 5.91 Å². The van der Waals surface area contributed by atoms with Crippen LogP contribution in [0.3, 0.4) is 0 Å². The lowest BCUT2D eigenvalue weighted by atomic mass is 9.95. The van der Waals surface area contributed by atoms with Crippen molar-refractivity contribution in [2.24, 2.45) is 0 Å². The van der Waals surface area contributed by atoms with Crippen molar-refractivity contribution in [3.63, 3.8) is 0 Å². The predicted molar refractivity (Wildman–Crippen MR) is 99.0 cm³/mol. The van der Waals surface area contributed by atoms with E-state index in [2.05, 4.69) is 4.98 Å². The highest BCUT2D eigenvalue weighted by Gasteiger charge is 2.31. The molecule has 146 valence electrons. The maximum Gasteiger partial charge on any atom is 0.252 e. The summed E-state index contributed by atoms with van der Waals surface area (Å²) in [7, 11) is 0. The molecule has 4 rings (SSSR count). The average Bonchev–Trinajstić information content (AvgIpc) is 2.73. The molecule has 1 aromatic rings. The number of aromatic nitrogens is 2. The topological polar surface area (TPSA) is 75.6 Å². The van der Waals surface area contributed by atoms with Gasteiger partial charge in [-0.2, -0.15) is 0 Å². The summed E-state index contributed by atoms with van der Waals surface area (Å²) in [6.07, 6.45) is 7.18. The summed E-state index contributed by atoms with van der Waals surface area (Å²) in [6.45, 7) is 5.16. The van der Waals surface area contributed by atoms with Crippen molar-refractivity contribution < 1.29 is 14.3 Å². The van der Waals surface area contributed by atoms with Crippen LogP contribution in [0.1, 0.15) is 62.0 Å². The Hall–Kier alpha value is -2.02. The van der Waals surface area contributed by atoms with E-state index in [0.29, 0.717) is 25.6 Å². The Morgan fingerprint density at radius 2 is 1.93 bits per heavy atom. The summed E-state index contributed by atoms with van der Waals surface area (Å²) in [5.74, 6) is 1.47. The second-order valence-electron chi connectivity index (χ2n) is 7.85. The first kappa shape index (κ1) is 18.3. The number of ether oxygens (including phenoxy) is 1. The van der Waals surface area contributed by atoms with Crippen LogP contribution in [0, 0.1) is 0 Å². The highest BCUT2D eigenvalue weighted by molar-refractivity contribution is 5.81. The van der Waals surface area contributed by atoms with Crippen molar-refractivity contribution in [2.45, 2.75) is 64.0 Å². The molecule has 3 aliphatic rings. The second-order valence-corrected chi connectivity index (χ2v) is 7.85. The van der Waals surface area contributed by atoms with Gasteiger partial charge in [-0.1, -0.05) is 0 Å².